The molecule has 19 heavy (non-hydrogen) atoms. The summed E-state index contributed by atoms with van der Waals surface area (Å²) in [6.45, 7) is 3.77. The molecule has 2 unspecified atom stereocenters. The molecule has 9 nitrogen and oxygen atoms in total. The second kappa shape index (κ2) is 4.59. The predicted octanol–water partition coefficient (Wildman–Crippen LogP) is 0.242. The van der Waals surface area contributed by atoms with Gasteiger partial charge in [-0.3, -0.25) is 10.1 Å². The SMILES string of the molecule is CC1(C)C(O)CC1Nc1ncnc(NN)c1[N+](=O)[O-]. The molecule has 1 aromatic heterocycles. The molecule has 1 aromatic rings. The Kier molecular flexibility index (Phi) is 3.25. The molecule has 9 heteroatoms. The van der Waals surface area contributed by atoms with Gasteiger partial charge in [0.25, 0.3) is 0 Å². The number of hydrogen-bond acceptors (Lipinski definition) is 8. The van der Waals surface area contributed by atoms with Crippen LogP contribution in [0, 0.1) is 15.5 Å². The lowest BCUT2D eigenvalue weighted by Crippen LogP contribution is -2.57. The van der Waals surface area contributed by atoms with Gasteiger partial charge < -0.3 is 15.8 Å². The van der Waals surface area contributed by atoms with Crippen LogP contribution >= 0.6 is 0 Å². The van der Waals surface area contributed by atoms with E-state index in [2.05, 4.69) is 20.7 Å². The fourth-order valence-corrected chi connectivity index (χ4v) is 2.08. The molecule has 2 atom stereocenters. The lowest BCUT2D eigenvalue weighted by Gasteiger charge is -2.49. The summed E-state index contributed by atoms with van der Waals surface area (Å²) in [6, 6.07) is -0.0956. The number of aliphatic hydroxyl groups is 1. The Bertz CT molecular complexity index is 506. The van der Waals surface area contributed by atoms with E-state index in [1.54, 1.807) is 0 Å². The fraction of sp³-hybridized carbons (Fsp3) is 0.600. The highest BCUT2D eigenvalue weighted by Gasteiger charge is 2.48. The summed E-state index contributed by atoms with van der Waals surface area (Å²) in [5, 5.41) is 23.7. The molecule has 1 aliphatic carbocycles. The Morgan fingerprint density at radius 1 is 1.53 bits per heavy atom. The van der Waals surface area contributed by atoms with Gasteiger partial charge in [0, 0.05) is 11.5 Å². The Morgan fingerprint density at radius 3 is 2.63 bits per heavy atom. The van der Waals surface area contributed by atoms with Gasteiger partial charge in [-0.25, -0.2) is 15.8 Å². The average Bonchev–Trinajstić information content (AvgIpc) is 2.37. The first-order valence-corrected chi connectivity index (χ1v) is 5.78. The van der Waals surface area contributed by atoms with Crippen molar-refractivity contribution in [2.45, 2.75) is 32.4 Å². The molecule has 1 saturated carbocycles. The van der Waals surface area contributed by atoms with Crippen LogP contribution in [0.1, 0.15) is 20.3 Å². The number of aromatic nitrogens is 2. The molecule has 0 bridgehead atoms. The molecule has 5 N–H and O–H groups in total. The monoisotopic (exact) mass is 268 g/mol. The summed E-state index contributed by atoms with van der Waals surface area (Å²) in [6.07, 6.45) is 1.27. The third-order valence-corrected chi connectivity index (χ3v) is 3.67. The largest absolute Gasteiger partial charge is 0.392 e. The van der Waals surface area contributed by atoms with Crippen LogP contribution in [0.3, 0.4) is 0 Å². The number of nitrogens with zero attached hydrogens (tertiary/aromatic N) is 3. The van der Waals surface area contributed by atoms with Crippen molar-refractivity contribution >= 4 is 17.3 Å². The molecule has 104 valence electrons. The van der Waals surface area contributed by atoms with Crippen molar-refractivity contribution in [3.8, 4) is 0 Å². The minimum absolute atomic E-state index is 0.0554. The lowest BCUT2D eigenvalue weighted by molar-refractivity contribution is -0.383. The zero-order chi connectivity index (χ0) is 14.2. The molecule has 2 rings (SSSR count). The Labute approximate surface area is 109 Å². The summed E-state index contributed by atoms with van der Waals surface area (Å²) in [7, 11) is 0. The van der Waals surface area contributed by atoms with E-state index in [0.717, 1.165) is 0 Å². The van der Waals surface area contributed by atoms with Crippen LogP contribution in [-0.4, -0.2) is 32.1 Å². The highest BCUT2D eigenvalue weighted by Crippen LogP contribution is 2.43. The van der Waals surface area contributed by atoms with Gasteiger partial charge in [-0.1, -0.05) is 13.8 Å². The summed E-state index contributed by atoms with van der Waals surface area (Å²) in [5.74, 6) is 5.24. The van der Waals surface area contributed by atoms with Gasteiger partial charge in [0.05, 0.1) is 11.0 Å². The van der Waals surface area contributed by atoms with Crippen LogP contribution in [0.25, 0.3) is 0 Å². The normalized spacial score (nSPS) is 24.4. The number of rotatable bonds is 4. The van der Waals surface area contributed by atoms with Crippen LogP contribution in [0.2, 0.25) is 0 Å². The Hall–Kier alpha value is -2.00. The summed E-state index contributed by atoms with van der Waals surface area (Å²) in [4.78, 5) is 18.0. The van der Waals surface area contributed by atoms with E-state index >= 15 is 0 Å². The van der Waals surface area contributed by atoms with E-state index in [-0.39, 0.29) is 28.8 Å². The zero-order valence-electron chi connectivity index (χ0n) is 10.6. The minimum atomic E-state index is -0.598. The molecule has 0 aliphatic heterocycles. The number of aliphatic hydroxyl groups excluding tert-OH is 1. The molecule has 0 radical (unpaired) electrons. The van der Waals surface area contributed by atoms with E-state index in [1.807, 2.05) is 13.8 Å². The summed E-state index contributed by atoms with van der Waals surface area (Å²) in [5.41, 5.74) is 1.50. The molecule has 1 heterocycles. The van der Waals surface area contributed by atoms with Gasteiger partial charge in [0.1, 0.15) is 6.33 Å². The molecule has 0 aromatic carbocycles. The lowest BCUT2D eigenvalue weighted by atomic mass is 9.64. The molecule has 0 saturated heterocycles. The van der Waals surface area contributed by atoms with Crippen molar-refractivity contribution < 1.29 is 10.0 Å². The van der Waals surface area contributed by atoms with Gasteiger partial charge in [0.15, 0.2) is 0 Å². The topological polar surface area (TPSA) is 139 Å². The summed E-state index contributed by atoms with van der Waals surface area (Å²) < 4.78 is 0. The standard InChI is InChI=1S/C10H16N6O3/c1-10(2)5(3-6(10)17)14-8-7(16(18)19)9(15-11)13-4-12-8/h4-6,17H,3,11H2,1-2H3,(H2,12,13,14,15). The van der Waals surface area contributed by atoms with Gasteiger partial charge in [-0.15, -0.1) is 0 Å². The third-order valence-electron chi connectivity index (χ3n) is 3.67. The molecule has 1 fully saturated rings. The molecule has 1 aliphatic rings. The van der Waals surface area contributed by atoms with Crippen molar-refractivity contribution in [1.29, 1.82) is 0 Å². The van der Waals surface area contributed by atoms with Crippen LogP contribution in [0.4, 0.5) is 17.3 Å². The van der Waals surface area contributed by atoms with Crippen LogP contribution in [-0.2, 0) is 0 Å². The molecular weight excluding hydrogens is 252 g/mol. The molecular formula is C10H16N6O3. The number of nitro groups is 1. The third kappa shape index (κ3) is 2.17. The van der Waals surface area contributed by atoms with Crippen molar-refractivity contribution in [3.05, 3.63) is 16.4 Å². The maximum atomic E-state index is 11.1. The highest BCUT2D eigenvalue weighted by atomic mass is 16.6. The maximum Gasteiger partial charge on any atom is 0.354 e. The van der Waals surface area contributed by atoms with E-state index < -0.39 is 11.0 Å². The Balaban J connectivity index is 2.29. The van der Waals surface area contributed by atoms with Crippen molar-refractivity contribution in [2.24, 2.45) is 11.3 Å². The number of hydrogen-bond donors (Lipinski definition) is 4. The maximum absolute atomic E-state index is 11.1. The van der Waals surface area contributed by atoms with Crippen molar-refractivity contribution in [2.75, 3.05) is 10.7 Å². The summed E-state index contributed by atoms with van der Waals surface area (Å²) >= 11 is 0. The van der Waals surface area contributed by atoms with E-state index in [4.69, 9.17) is 5.84 Å². The Morgan fingerprint density at radius 2 is 2.16 bits per heavy atom. The van der Waals surface area contributed by atoms with E-state index in [1.165, 1.54) is 6.33 Å². The predicted molar refractivity (Wildman–Crippen MR) is 68.3 cm³/mol. The second-order valence-electron chi connectivity index (χ2n) is 5.09. The quantitative estimate of drug-likeness (QED) is 0.346. The molecule has 0 amide bonds. The average molecular weight is 268 g/mol. The van der Waals surface area contributed by atoms with Gasteiger partial charge >= 0.3 is 5.69 Å². The van der Waals surface area contributed by atoms with E-state index in [0.29, 0.717) is 6.42 Å². The van der Waals surface area contributed by atoms with Crippen LogP contribution < -0.4 is 16.6 Å². The zero-order valence-corrected chi connectivity index (χ0v) is 10.6. The number of nitrogens with one attached hydrogen (secondary N) is 2. The van der Waals surface area contributed by atoms with Crippen LogP contribution in [0.15, 0.2) is 6.33 Å². The second-order valence-corrected chi connectivity index (χ2v) is 5.09. The fourth-order valence-electron chi connectivity index (χ4n) is 2.08. The van der Waals surface area contributed by atoms with Crippen LogP contribution in [0.5, 0.6) is 0 Å². The van der Waals surface area contributed by atoms with E-state index in [9.17, 15) is 15.2 Å². The van der Waals surface area contributed by atoms with Crippen molar-refractivity contribution in [3.63, 3.8) is 0 Å². The smallest absolute Gasteiger partial charge is 0.354 e. The molecule has 0 spiro atoms. The van der Waals surface area contributed by atoms with Gasteiger partial charge in [0.2, 0.25) is 11.6 Å². The van der Waals surface area contributed by atoms with Crippen molar-refractivity contribution in [1.82, 2.24) is 9.97 Å². The number of nitrogens with two attached hydrogens (primary N) is 1. The number of nitrogen functional groups attached to an aromatic ring is 1. The first-order valence-electron chi connectivity index (χ1n) is 5.78. The first-order chi connectivity index (χ1) is 8.87. The van der Waals surface area contributed by atoms with Gasteiger partial charge in [-0.05, 0) is 6.42 Å². The highest BCUT2D eigenvalue weighted by molar-refractivity contribution is 5.69. The number of hydrazine groups is 1. The first kappa shape index (κ1) is 13.4. The van der Waals surface area contributed by atoms with Gasteiger partial charge in [-0.2, -0.15) is 0 Å². The minimum Gasteiger partial charge on any atom is -0.392 e. The number of anilines is 2.